The van der Waals surface area contributed by atoms with Gasteiger partial charge >= 0.3 is 6.18 Å². The van der Waals surface area contributed by atoms with Crippen LogP contribution in [-0.2, 0) is 10.9 Å². The fraction of sp³-hybridized carbons (Fsp3) is 0.538. The summed E-state index contributed by atoms with van der Waals surface area (Å²) in [7, 11) is 3.46. The van der Waals surface area contributed by atoms with Crippen molar-refractivity contribution in [3.63, 3.8) is 0 Å². The summed E-state index contributed by atoms with van der Waals surface area (Å²) in [5, 5.41) is 11.7. The van der Waals surface area contributed by atoms with E-state index in [1.165, 1.54) is 0 Å². The SMILES string of the molecule is COCCN(C)CCNc1nc(C(F)(F)F)ccc1C#N. The largest absolute Gasteiger partial charge is 0.433 e. The van der Waals surface area contributed by atoms with Gasteiger partial charge in [0.25, 0.3) is 0 Å². The number of nitrogens with zero attached hydrogens (tertiary/aromatic N) is 3. The smallest absolute Gasteiger partial charge is 0.383 e. The van der Waals surface area contributed by atoms with Crippen LogP contribution in [0.2, 0.25) is 0 Å². The Kier molecular flexibility index (Phi) is 6.39. The molecule has 0 radical (unpaired) electrons. The van der Waals surface area contributed by atoms with Gasteiger partial charge < -0.3 is 15.0 Å². The maximum Gasteiger partial charge on any atom is 0.433 e. The maximum atomic E-state index is 12.6. The summed E-state index contributed by atoms with van der Waals surface area (Å²) in [5.74, 6) is -0.0486. The van der Waals surface area contributed by atoms with Gasteiger partial charge in [0.05, 0.1) is 12.2 Å². The molecule has 8 heteroatoms. The number of alkyl halides is 3. The van der Waals surface area contributed by atoms with Crippen LogP contribution < -0.4 is 5.32 Å². The molecular weight excluding hydrogens is 285 g/mol. The standard InChI is InChI=1S/C13H17F3N4O/c1-20(7-8-21-2)6-5-18-12-10(9-17)3-4-11(19-12)13(14,15)16/h3-4H,5-8H2,1-2H3,(H,18,19). The topological polar surface area (TPSA) is 61.2 Å². The van der Waals surface area contributed by atoms with E-state index in [0.29, 0.717) is 26.2 Å². The second kappa shape index (κ2) is 7.81. The fourth-order valence-corrected chi connectivity index (χ4v) is 1.57. The number of ether oxygens (including phenoxy) is 1. The summed E-state index contributed by atoms with van der Waals surface area (Å²) in [6.45, 7) is 2.25. The third-order valence-corrected chi connectivity index (χ3v) is 2.77. The number of hydrogen-bond donors (Lipinski definition) is 1. The lowest BCUT2D eigenvalue weighted by molar-refractivity contribution is -0.141. The minimum atomic E-state index is -4.53. The molecule has 116 valence electrons. The van der Waals surface area contributed by atoms with Gasteiger partial charge in [0, 0.05) is 26.7 Å². The Morgan fingerprint density at radius 1 is 1.38 bits per heavy atom. The molecule has 0 aliphatic rings. The number of aromatic nitrogens is 1. The minimum absolute atomic E-state index is 0.0486. The Labute approximate surface area is 121 Å². The van der Waals surface area contributed by atoms with Crippen LogP contribution in [0.5, 0.6) is 0 Å². The number of methoxy groups -OCH3 is 1. The van der Waals surface area contributed by atoms with Gasteiger partial charge in [0.1, 0.15) is 17.6 Å². The van der Waals surface area contributed by atoms with Crippen molar-refractivity contribution >= 4 is 5.82 Å². The molecule has 0 saturated carbocycles. The van der Waals surface area contributed by atoms with E-state index in [0.717, 1.165) is 12.1 Å². The summed E-state index contributed by atoms with van der Waals surface area (Å²) in [6.07, 6.45) is -4.53. The van der Waals surface area contributed by atoms with Gasteiger partial charge in [-0.2, -0.15) is 18.4 Å². The zero-order chi connectivity index (χ0) is 15.9. The molecular formula is C13H17F3N4O. The first kappa shape index (κ1) is 17.2. The van der Waals surface area contributed by atoms with Crippen molar-refractivity contribution in [2.45, 2.75) is 6.18 Å². The predicted octanol–water partition coefficient (Wildman–Crippen LogP) is 1.96. The number of anilines is 1. The summed E-state index contributed by atoms with van der Waals surface area (Å²) in [6, 6.07) is 3.74. The van der Waals surface area contributed by atoms with E-state index in [2.05, 4.69) is 10.3 Å². The normalized spacial score (nSPS) is 11.5. The molecule has 1 aromatic rings. The van der Waals surface area contributed by atoms with E-state index in [4.69, 9.17) is 10.00 Å². The lowest BCUT2D eigenvalue weighted by Gasteiger charge is -2.17. The van der Waals surface area contributed by atoms with Crippen LogP contribution in [0.4, 0.5) is 19.0 Å². The van der Waals surface area contributed by atoms with Crippen LogP contribution in [-0.4, -0.2) is 50.3 Å². The molecule has 0 atom stereocenters. The third kappa shape index (κ3) is 5.57. The van der Waals surface area contributed by atoms with Crippen molar-refractivity contribution in [2.24, 2.45) is 0 Å². The van der Waals surface area contributed by atoms with E-state index in [1.807, 2.05) is 18.0 Å². The number of nitriles is 1. The van der Waals surface area contributed by atoms with Gasteiger partial charge in [0.15, 0.2) is 0 Å². The van der Waals surface area contributed by atoms with E-state index >= 15 is 0 Å². The fourth-order valence-electron chi connectivity index (χ4n) is 1.57. The van der Waals surface area contributed by atoms with Crippen LogP contribution in [0, 0.1) is 11.3 Å². The number of pyridine rings is 1. The minimum Gasteiger partial charge on any atom is -0.383 e. The predicted molar refractivity (Wildman–Crippen MR) is 71.8 cm³/mol. The quantitative estimate of drug-likeness (QED) is 0.834. The number of likely N-dealkylation sites (N-methyl/N-ethyl adjacent to an activating group) is 1. The van der Waals surface area contributed by atoms with Crippen molar-refractivity contribution in [2.75, 3.05) is 45.7 Å². The molecule has 0 bridgehead atoms. The molecule has 0 fully saturated rings. The Morgan fingerprint density at radius 2 is 2.10 bits per heavy atom. The number of hydrogen-bond acceptors (Lipinski definition) is 5. The van der Waals surface area contributed by atoms with Crippen molar-refractivity contribution in [1.82, 2.24) is 9.88 Å². The molecule has 1 rings (SSSR count). The van der Waals surface area contributed by atoms with Gasteiger partial charge in [0.2, 0.25) is 0 Å². The lowest BCUT2D eigenvalue weighted by Crippen LogP contribution is -2.28. The van der Waals surface area contributed by atoms with Gasteiger partial charge in [-0.1, -0.05) is 0 Å². The Morgan fingerprint density at radius 3 is 2.67 bits per heavy atom. The zero-order valence-electron chi connectivity index (χ0n) is 11.9. The highest BCUT2D eigenvalue weighted by molar-refractivity contribution is 5.52. The Bertz CT molecular complexity index is 499. The lowest BCUT2D eigenvalue weighted by atomic mass is 10.2. The molecule has 0 spiro atoms. The number of nitrogens with one attached hydrogen (secondary N) is 1. The second-order valence-electron chi connectivity index (χ2n) is 4.43. The third-order valence-electron chi connectivity index (χ3n) is 2.77. The maximum absolute atomic E-state index is 12.6. The van der Waals surface area contributed by atoms with Crippen molar-refractivity contribution in [3.05, 3.63) is 23.4 Å². The molecule has 0 unspecified atom stereocenters. The first-order valence-corrected chi connectivity index (χ1v) is 6.28. The molecule has 21 heavy (non-hydrogen) atoms. The number of halogens is 3. The molecule has 0 aromatic carbocycles. The summed E-state index contributed by atoms with van der Waals surface area (Å²) < 4.78 is 42.7. The van der Waals surface area contributed by atoms with Crippen LogP contribution in [0.3, 0.4) is 0 Å². The summed E-state index contributed by atoms with van der Waals surface area (Å²) >= 11 is 0. The van der Waals surface area contributed by atoms with Crippen molar-refractivity contribution in [3.8, 4) is 6.07 Å². The van der Waals surface area contributed by atoms with Gasteiger partial charge in [-0.25, -0.2) is 4.98 Å². The first-order valence-electron chi connectivity index (χ1n) is 6.28. The Balaban J connectivity index is 2.67. The van der Waals surface area contributed by atoms with Gasteiger partial charge in [-0.05, 0) is 19.2 Å². The molecule has 5 nitrogen and oxygen atoms in total. The monoisotopic (exact) mass is 302 g/mol. The highest BCUT2D eigenvalue weighted by Crippen LogP contribution is 2.29. The zero-order valence-corrected chi connectivity index (χ0v) is 11.9. The molecule has 1 aromatic heterocycles. The van der Waals surface area contributed by atoms with Gasteiger partial charge in [-0.15, -0.1) is 0 Å². The molecule has 0 aliphatic heterocycles. The second-order valence-corrected chi connectivity index (χ2v) is 4.43. The Hall–Kier alpha value is -1.85. The average molecular weight is 302 g/mol. The van der Waals surface area contributed by atoms with E-state index in [-0.39, 0.29) is 11.4 Å². The average Bonchev–Trinajstić information content (AvgIpc) is 2.44. The summed E-state index contributed by atoms with van der Waals surface area (Å²) in [5.41, 5.74) is -0.931. The van der Waals surface area contributed by atoms with E-state index in [9.17, 15) is 13.2 Å². The molecule has 0 amide bonds. The van der Waals surface area contributed by atoms with Gasteiger partial charge in [-0.3, -0.25) is 0 Å². The summed E-state index contributed by atoms with van der Waals surface area (Å²) in [4.78, 5) is 5.43. The highest BCUT2D eigenvalue weighted by atomic mass is 19.4. The molecule has 1 N–H and O–H groups in total. The highest BCUT2D eigenvalue weighted by Gasteiger charge is 2.33. The van der Waals surface area contributed by atoms with Crippen LogP contribution in [0.15, 0.2) is 12.1 Å². The van der Waals surface area contributed by atoms with E-state index < -0.39 is 11.9 Å². The van der Waals surface area contributed by atoms with Crippen molar-refractivity contribution in [1.29, 1.82) is 5.26 Å². The van der Waals surface area contributed by atoms with Crippen LogP contribution in [0.1, 0.15) is 11.3 Å². The van der Waals surface area contributed by atoms with Crippen molar-refractivity contribution < 1.29 is 17.9 Å². The molecule has 0 saturated heterocycles. The van der Waals surface area contributed by atoms with Crippen LogP contribution in [0.25, 0.3) is 0 Å². The van der Waals surface area contributed by atoms with Crippen LogP contribution >= 0.6 is 0 Å². The molecule has 1 heterocycles. The first-order chi connectivity index (χ1) is 9.88. The van der Waals surface area contributed by atoms with E-state index in [1.54, 1.807) is 7.11 Å². The molecule has 0 aliphatic carbocycles. The number of rotatable bonds is 7.